The molecule has 6 heteroatoms. The highest BCUT2D eigenvalue weighted by atomic mass is 16.3. The fraction of sp³-hybridized carbons (Fsp3) is 0.312. The van der Waals surface area contributed by atoms with E-state index in [4.69, 9.17) is 0 Å². The zero-order chi connectivity index (χ0) is 14.9. The number of aliphatic hydroxyl groups excluding tert-OH is 1. The normalized spacial score (nSPS) is 15.9. The van der Waals surface area contributed by atoms with Crippen molar-refractivity contribution in [3.05, 3.63) is 42.9 Å². The monoisotopic (exact) mass is 295 g/mol. The van der Waals surface area contributed by atoms with E-state index in [0.717, 1.165) is 29.6 Å². The summed E-state index contributed by atoms with van der Waals surface area (Å²) in [6, 6.07) is 9.87. The summed E-state index contributed by atoms with van der Waals surface area (Å²) in [5.74, 6) is 1.16. The standard InChI is InChI=1S/C16H17N5O/c22-14(11-6-7-11)9-17-15-13-8-20-21(16(13)19-10-18-15)12-4-2-1-3-5-12/h1-5,8,10-11,14,22H,6-7,9H2,(H,17,18,19)/t14-/m1/s1. The molecule has 2 N–H and O–H groups in total. The van der Waals surface area contributed by atoms with Gasteiger partial charge in [-0.2, -0.15) is 5.10 Å². The van der Waals surface area contributed by atoms with Crippen LogP contribution in [0, 0.1) is 5.92 Å². The molecule has 112 valence electrons. The number of rotatable bonds is 5. The lowest BCUT2D eigenvalue weighted by atomic mass is 10.2. The topological polar surface area (TPSA) is 75.9 Å². The fourth-order valence-electron chi connectivity index (χ4n) is 2.59. The van der Waals surface area contributed by atoms with E-state index < -0.39 is 0 Å². The Labute approximate surface area is 127 Å². The molecule has 6 nitrogen and oxygen atoms in total. The molecule has 1 fully saturated rings. The molecule has 0 aliphatic heterocycles. The molecule has 1 aromatic carbocycles. The van der Waals surface area contributed by atoms with Gasteiger partial charge in [0.05, 0.1) is 23.4 Å². The lowest BCUT2D eigenvalue weighted by Gasteiger charge is -2.11. The van der Waals surface area contributed by atoms with Gasteiger partial charge in [0.2, 0.25) is 0 Å². The molecule has 4 rings (SSSR count). The molecule has 1 saturated carbocycles. The average molecular weight is 295 g/mol. The van der Waals surface area contributed by atoms with E-state index in [1.807, 2.05) is 30.3 Å². The first-order valence-electron chi connectivity index (χ1n) is 7.49. The molecule has 22 heavy (non-hydrogen) atoms. The maximum Gasteiger partial charge on any atom is 0.168 e. The van der Waals surface area contributed by atoms with Crippen LogP contribution < -0.4 is 5.32 Å². The van der Waals surface area contributed by atoms with Gasteiger partial charge in [0.25, 0.3) is 0 Å². The summed E-state index contributed by atoms with van der Waals surface area (Å²) in [4.78, 5) is 8.62. The van der Waals surface area contributed by atoms with Gasteiger partial charge in [0.15, 0.2) is 5.65 Å². The molecule has 2 heterocycles. The van der Waals surface area contributed by atoms with E-state index in [-0.39, 0.29) is 6.10 Å². The summed E-state index contributed by atoms with van der Waals surface area (Å²) in [5, 5.41) is 18.5. The van der Waals surface area contributed by atoms with Crippen molar-refractivity contribution < 1.29 is 5.11 Å². The van der Waals surface area contributed by atoms with E-state index in [9.17, 15) is 5.11 Å². The summed E-state index contributed by atoms with van der Waals surface area (Å²) < 4.78 is 1.79. The molecule has 1 atom stereocenters. The Morgan fingerprint density at radius 3 is 2.82 bits per heavy atom. The average Bonchev–Trinajstić information content (AvgIpc) is 3.32. The van der Waals surface area contributed by atoms with Crippen molar-refractivity contribution >= 4 is 16.9 Å². The minimum Gasteiger partial charge on any atom is -0.391 e. The van der Waals surface area contributed by atoms with Crippen molar-refractivity contribution in [1.29, 1.82) is 0 Å². The van der Waals surface area contributed by atoms with Crippen LogP contribution >= 0.6 is 0 Å². The molecule has 0 bridgehead atoms. The van der Waals surface area contributed by atoms with Gasteiger partial charge in [-0.15, -0.1) is 0 Å². The summed E-state index contributed by atoms with van der Waals surface area (Å²) in [6.07, 6.45) is 5.21. The fourth-order valence-corrected chi connectivity index (χ4v) is 2.59. The molecule has 0 saturated heterocycles. The van der Waals surface area contributed by atoms with Crippen molar-refractivity contribution in [1.82, 2.24) is 19.7 Å². The molecule has 0 radical (unpaired) electrons. The van der Waals surface area contributed by atoms with Crippen LogP contribution in [0.5, 0.6) is 0 Å². The molecular weight excluding hydrogens is 278 g/mol. The Hall–Kier alpha value is -2.47. The summed E-state index contributed by atoms with van der Waals surface area (Å²) >= 11 is 0. The van der Waals surface area contributed by atoms with Crippen LogP contribution in [0.2, 0.25) is 0 Å². The molecular formula is C16H17N5O. The van der Waals surface area contributed by atoms with Gasteiger partial charge < -0.3 is 10.4 Å². The van der Waals surface area contributed by atoms with E-state index in [2.05, 4.69) is 20.4 Å². The molecule has 0 amide bonds. The summed E-state index contributed by atoms with van der Waals surface area (Å²) in [7, 11) is 0. The summed E-state index contributed by atoms with van der Waals surface area (Å²) in [6.45, 7) is 0.507. The van der Waals surface area contributed by atoms with Crippen LogP contribution in [0.25, 0.3) is 16.7 Å². The predicted molar refractivity (Wildman–Crippen MR) is 83.9 cm³/mol. The zero-order valence-electron chi connectivity index (χ0n) is 12.1. The van der Waals surface area contributed by atoms with Crippen LogP contribution in [-0.4, -0.2) is 37.5 Å². The lowest BCUT2D eigenvalue weighted by molar-refractivity contribution is 0.164. The Morgan fingerprint density at radius 2 is 2.05 bits per heavy atom. The maximum absolute atomic E-state index is 9.98. The third kappa shape index (κ3) is 2.42. The van der Waals surface area contributed by atoms with Crippen molar-refractivity contribution in [3.63, 3.8) is 0 Å². The van der Waals surface area contributed by atoms with Crippen molar-refractivity contribution in [2.75, 3.05) is 11.9 Å². The first-order valence-corrected chi connectivity index (χ1v) is 7.49. The largest absolute Gasteiger partial charge is 0.391 e. The number of benzene rings is 1. The second kappa shape index (κ2) is 5.38. The number of nitrogens with one attached hydrogen (secondary N) is 1. The van der Waals surface area contributed by atoms with Gasteiger partial charge in [0.1, 0.15) is 12.1 Å². The number of aromatic nitrogens is 4. The minimum absolute atomic E-state index is 0.311. The van der Waals surface area contributed by atoms with Gasteiger partial charge in [0, 0.05) is 6.54 Å². The molecule has 1 aliphatic carbocycles. The minimum atomic E-state index is -0.311. The Morgan fingerprint density at radius 1 is 1.23 bits per heavy atom. The van der Waals surface area contributed by atoms with Gasteiger partial charge in [-0.25, -0.2) is 14.6 Å². The number of para-hydroxylation sites is 1. The van der Waals surface area contributed by atoms with Crippen LogP contribution in [0.4, 0.5) is 5.82 Å². The molecule has 1 aliphatic rings. The van der Waals surface area contributed by atoms with E-state index in [1.54, 1.807) is 10.9 Å². The van der Waals surface area contributed by atoms with Gasteiger partial charge in [-0.3, -0.25) is 0 Å². The van der Waals surface area contributed by atoms with Crippen LogP contribution in [0.1, 0.15) is 12.8 Å². The molecule has 0 spiro atoms. The van der Waals surface area contributed by atoms with E-state index >= 15 is 0 Å². The Bertz CT molecular complexity index is 782. The van der Waals surface area contributed by atoms with Crippen LogP contribution in [0.3, 0.4) is 0 Å². The summed E-state index contributed by atoms with van der Waals surface area (Å²) in [5.41, 5.74) is 1.71. The molecule has 3 aromatic rings. The lowest BCUT2D eigenvalue weighted by Crippen LogP contribution is -2.21. The Kier molecular flexibility index (Phi) is 3.23. The predicted octanol–water partition coefficient (Wildman–Crippen LogP) is 2.00. The van der Waals surface area contributed by atoms with E-state index in [1.165, 1.54) is 6.33 Å². The second-order valence-corrected chi connectivity index (χ2v) is 5.64. The SMILES string of the molecule is O[C@H](CNc1ncnc2c1cnn2-c1ccccc1)C1CC1. The van der Waals surface area contributed by atoms with Crippen molar-refractivity contribution in [2.45, 2.75) is 18.9 Å². The number of anilines is 1. The van der Waals surface area contributed by atoms with Crippen molar-refractivity contribution in [2.24, 2.45) is 5.92 Å². The smallest absolute Gasteiger partial charge is 0.168 e. The van der Waals surface area contributed by atoms with E-state index in [0.29, 0.717) is 18.3 Å². The van der Waals surface area contributed by atoms with Crippen molar-refractivity contribution in [3.8, 4) is 5.69 Å². The third-order valence-corrected chi connectivity index (χ3v) is 4.01. The quantitative estimate of drug-likeness (QED) is 0.753. The molecule has 0 unspecified atom stereocenters. The third-order valence-electron chi connectivity index (χ3n) is 4.01. The first-order chi connectivity index (χ1) is 10.8. The highest BCUT2D eigenvalue weighted by Crippen LogP contribution is 2.32. The van der Waals surface area contributed by atoms with Gasteiger partial charge in [-0.05, 0) is 30.9 Å². The Balaban J connectivity index is 1.64. The maximum atomic E-state index is 9.98. The number of fused-ring (bicyclic) bond motifs is 1. The number of nitrogens with zero attached hydrogens (tertiary/aromatic N) is 4. The number of hydrogen-bond acceptors (Lipinski definition) is 5. The number of hydrogen-bond donors (Lipinski definition) is 2. The molecule has 2 aromatic heterocycles. The highest BCUT2D eigenvalue weighted by molar-refractivity contribution is 5.87. The van der Waals surface area contributed by atoms with Crippen LogP contribution in [0.15, 0.2) is 42.9 Å². The van der Waals surface area contributed by atoms with Gasteiger partial charge in [-0.1, -0.05) is 18.2 Å². The highest BCUT2D eigenvalue weighted by Gasteiger charge is 2.29. The first kappa shape index (κ1) is 13.2. The zero-order valence-corrected chi connectivity index (χ0v) is 12.1. The van der Waals surface area contributed by atoms with Crippen LogP contribution in [-0.2, 0) is 0 Å². The van der Waals surface area contributed by atoms with Gasteiger partial charge >= 0.3 is 0 Å². The number of aliphatic hydroxyl groups is 1. The second-order valence-electron chi connectivity index (χ2n) is 5.64.